The van der Waals surface area contributed by atoms with E-state index < -0.39 is 12.1 Å². The van der Waals surface area contributed by atoms with Crippen molar-refractivity contribution in [2.24, 2.45) is 5.92 Å². The van der Waals surface area contributed by atoms with Crippen LogP contribution in [0, 0.1) is 5.92 Å². The van der Waals surface area contributed by atoms with Crippen molar-refractivity contribution in [1.82, 2.24) is 15.1 Å². The number of hydrogen-bond donors (Lipinski definition) is 2. The van der Waals surface area contributed by atoms with Crippen LogP contribution in [0.25, 0.3) is 0 Å². The summed E-state index contributed by atoms with van der Waals surface area (Å²) in [4.78, 5) is 26.8. The van der Waals surface area contributed by atoms with Crippen molar-refractivity contribution in [3.8, 4) is 0 Å². The predicted molar refractivity (Wildman–Crippen MR) is 77.2 cm³/mol. The lowest BCUT2D eigenvalue weighted by molar-refractivity contribution is -0.141. The molecule has 2 aliphatic rings. The van der Waals surface area contributed by atoms with Crippen LogP contribution in [-0.4, -0.2) is 79.4 Å². The number of carbonyl (C=O) groups excluding carboxylic acids is 1. The second-order valence-corrected chi connectivity index (χ2v) is 5.97. The number of aliphatic carboxylic acids is 1. The van der Waals surface area contributed by atoms with Gasteiger partial charge in [0.2, 0.25) is 0 Å². The van der Waals surface area contributed by atoms with E-state index in [9.17, 15) is 9.59 Å². The van der Waals surface area contributed by atoms with E-state index in [2.05, 4.69) is 17.3 Å². The maximum absolute atomic E-state index is 12.1. The number of piperidine rings is 1. The molecular weight excluding hydrogens is 274 g/mol. The summed E-state index contributed by atoms with van der Waals surface area (Å²) < 4.78 is 5.37. The standard InChI is InChI=1S/C14H25N3O4/c1-16-4-2-11(3-5-16)9-15-14(20)17-6-7-21-12(10-17)8-13(18)19/h11-12H,2-10H2,1H3,(H,15,20)(H,18,19). The lowest BCUT2D eigenvalue weighted by Crippen LogP contribution is -2.51. The van der Waals surface area contributed by atoms with Crippen molar-refractivity contribution < 1.29 is 19.4 Å². The van der Waals surface area contributed by atoms with Crippen molar-refractivity contribution in [3.05, 3.63) is 0 Å². The lowest BCUT2D eigenvalue weighted by Gasteiger charge is -2.33. The second kappa shape index (κ2) is 7.61. The summed E-state index contributed by atoms with van der Waals surface area (Å²) in [5.74, 6) is -0.352. The van der Waals surface area contributed by atoms with Crippen LogP contribution in [0.15, 0.2) is 0 Å². The molecule has 7 nitrogen and oxygen atoms in total. The van der Waals surface area contributed by atoms with Crippen LogP contribution < -0.4 is 5.32 Å². The Kier molecular flexibility index (Phi) is 5.81. The van der Waals surface area contributed by atoms with Gasteiger partial charge in [-0.15, -0.1) is 0 Å². The minimum absolute atomic E-state index is 0.0568. The molecule has 7 heteroatoms. The smallest absolute Gasteiger partial charge is 0.317 e. The lowest BCUT2D eigenvalue weighted by atomic mass is 9.97. The molecule has 0 radical (unpaired) electrons. The Bertz CT molecular complexity index is 369. The topological polar surface area (TPSA) is 82.1 Å². The third kappa shape index (κ3) is 5.17. The van der Waals surface area contributed by atoms with Crippen LogP contribution in [0.4, 0.5) is 4.79 Å². The monoisotopic (exact) mass is 299 g/mol. The molecule has 0 saturated carbocycles. The number of amides is 2. The molecule has 0 aliphatic carbocycles. The van der Waals surface area contributed by atoms with Gasteiger partial charge in [0.1, 0.15) is 0 Å². The van der Waals surface area contributed by atoms with E-state index in [1.165, 1.54) is 0 Å². The van der Waals surface area contributed by atoms with Crippen molar-refractivity contribution in [1.29, 1.82) is 0 Å². The van der Waals surface area contributed by atoms with Gasteiger partial charge in [0.15, 0.2) is 0 Å². The van der Waals surface area contributed by atoms with Gasteiger partial charge in [-0.05, 0) is 38.9 Å². The number of ether oxygens (including phenoxy) is 1. The van der Waals surface area contributed by atoms with Gasteiger partial charge in [0, 0.05) is 19.6 Å². The molecule has 2 heterocycles. The Labute approximate surface area is 125 Å². The third-order valence-corrected chi connectivity index (χ3v) is 4.21. The van der Waals surface area contributed by atoms with Crippen LogP contribution in [0.1, 0.15) is 19.3 Å². The van der Waals surface area contributed by atoms with E-state index in [1.807, 2.05) is 0 Å². The van der Waals surface area contributed by atoms with Gasteiger partial charge < -0.3 is 25.0 Å². The van der Waals surface area contributed by atoms with Crippen LogP contribution in [-0.2, 0) is 9.53 Å². The number of carbonyl (C=O) groups is 2. The summed E-state index contributed by atoms with van der Waals surface area (Å²) in [6, 6.07) is -0.104. The zero-order valence-electron chi connectivity index (χ0n) is 12.6. The fourth-order valence-electron chi connectivity index (χ4n) is 2.83. The van der Waals surface area contributed by atoms with E-state index >= 15 is 0 Å². The number of urea groups is 1. The molecule has 2 rings (SSSR count). The second-order valence-electron chi connectivity index (χ2n) is 5.97. The summed E-state index contributed by atoms with van der Waals surface area (Å²) in [5, 5.41) is 11.8. The maximum atomic E-state index is 12.1. The van der Waals surface area contributed by atoms with Gasteiger partial charge in [-0.2, -0.15) is 0 Å². The van der Waals surface area contributed by atoms with E-state index in [0.29, 0.717) is 32.2 Å². The quantitative estimate of drug-likeness (QED) is 0.775. The Hall–Kier alpha value is -1.34. The molecule has 120 valence electrons. The number of morpholine rings is 1. The average molecular weight is 299 g/mol. The highest BCUT2D eigenvalue weighted by Crippen LogP contribution is 2.15. The molecule has 2 amide bonds. The molecular formula is C14H25N3O4. The van der Waals surface area contributed by atoms with Crippen molar-refractivity contribution >= 4 is 12.0 Å². The van der Waals surface area contributed by atoms with E-state index in [4.69, 9.17) is 9.84 Å². The molecule has 2 N–H and O–H groups in total. The molecule has 2 fully saturated rings. The molecule has 0 aromatic rings. The number of likely N-dealkylation sites (tertiary alicyclic amines) is 1. The van der Waals surface area contributed by atoms with Crippen LogP contribution in [0.3, 0.4) is 0 Å². The number of nitrogens with one attached hydrogen (secondary N) is 1. The Morgan fingerprint density at radius 2 is 2.00 bits per heavy atom. The Morgan fingerprint density at radius 3 is 2.67 bits per heavy atom. The van der Waals surface area contributed by atoms with Gasteiger partial charge >= 0.3 is 12.0 Å². The molecule has 2 saturated heterocycles. The van der Waals surface area contributed by atoms with Crippen LogP contribution >= 0.6 is 0 Å². The Balaban J connectivity index is 1.71. The summed E-state index contributed by atoms with van der Waals surface area (Å²) in [7, 11) is 2.12. The molecule has 1 unspecified atom stereocenters. The highest BCUT2D eigenvalue weighted by atomic mass is 16.5. The fraction of sp³-hybridized carbons (Fsp3) is 0.857. The van der Waals surface area contributed by atoms with Gasteiger partial charge in [-0.3, -0.25) is 4.79 Å². The molecule has 21 heavy (non-hydrogen) atoms. The average Bonchev–Trinajstić information content (AvgIpc) is 2.46. The summed E-state index contributed by atoms with van der Waals surface area (Å²) >= 11 is 0. The SMILES string of the molecule is CN1CCC(CNC(=O)N2CCOC(CC(=O)O)C2)CC1. The van der Waals surface area contributed by atoms with Crippen molar-refractivity contribution in [2.45, 2.75) is 25.4 Å². The summed E-state index contributed by atoms with van der Waals surface area (Å²) in [6.07, 6.45) is 1.77. The normalized spacial score (nSPS) is 24.8. The first-order valence-corrected chi connectivity index (χ1v) is 7.59. The van der Waals surface area contributed by atoms with Crippen molar-refractivity contribution in [3.63, 3.8) is 0 Å². The molecule has 0 aromatic carbocycles. The van der Waals surface area contributed by atoms with Gasteiger partial charge in [0.25, 0.3) is 0 Å². The Morgan fingerprint density at radius 1 is 1.29 bits per heavy atom. The minimum atomic E-state index is -0.895. The number of carboxylic acid groups (broad SMARTS) is 1. The number of nitrogens with zero attached hydrogens (tertiary/aromatic N) is 2. The highest BCUT2D eigenvalue weighted by Gasteiger charge is 2.26. The molecule has 1 atom stereocenters. The fourth-order valence-corrected chi connectivity index (χ4v) is 2.83. The molecule has 0 aromatic heterocycles. The molecule has 2 aliphatic heterocycles. The van der Waals surface area contributed by atoms with E-state index in [0.717, 1.165) is 25.9 Å². The first-order chi connectivity index (χ1) is 10.0. The van der Waals surface area contributed by atoms with Crippen molar-refractivity contribution in [2.75, 3.05) is 46.4 Å². The number of carboxylic acids is 1. The maximum Gasteiger partial charge on any atom is 0.317 e. The van der Waals surface area contributed by atoms with Gasteiger partial charge in [0.05, 0.1) is 19.1 Å². The first-order valence-electron chi connectivity index (χ1n) is 7.59. The number of rotatable bonds is 4. The minimum Gasteiger partial charge on any atom is -0.481 e. The summed E-state index contributed by atoms with van der Waals surface area (Å²) in [5.41, 5.74) is 0. The zero-order valence-corrected chi connectivity index (χ0v) is 12.6. The van der Waals surface area contributed by atoms with Crippen LogP contribution in [0.5, 0.6) is 0 Å². The van der Waals surface area contributed by atoms with Crippen LogP contribution in [0.2, 0.25) is 0 Å². The van der Waals surface area contributed by atoms with Gasteiger partial charge in [-0.25, -0.2) is 4.79 Å². The summed E-state index contributed by atoms with van der Waals surface area (Å²) in [6.45, 7) is 4.14. The highest BCUT2D eigenvalue weighted by molar-refractivity contribution is 5.74. The molecule has 0 spiro atoms. The first kappa shape index (κ1) is 16.0. The zero-order chi connectivity index (χ0) is 15.2. The van der Waals surface area contributed by atoms with Gasteiger partial charge in [-0.1, -0.05) is 0 Å². The van der Waals surface area contributed by atoms with E-state index in [1.54, 1.807) is 4.90 Å². The third-order valence-electron chi connectivity index (χ3n) is 4.21. The largest absolute Gasteiger partial charge is 0.481 e. The predicted octanol–water partition coefficient (Wildman–Crippen LogP) is 0.213. The molecule has 0 bridgehead atoms. The van der Waals surface area contributed by atoms with E-state index in [-0.39, 0.29) is 12.5 Å². The number of hydrogen-bond acceptors (Lipinski definition) is 4.